The van der Waals surface area contributed by atoms with E-state index in [-0.39, 0.29) is 21.9 Å². The van der Waals surface area contributed by atoms with Crippen molar-refractivity contribution in [2.45, 2.75) is 19.5 Å². The average molecular weight is 343 g/mol. The molecule has 1 heterocycles. The van der Waals surface area contributed by atoms with Crippen molar-refractivity contribution in [2.75, 3.05) is 0 Å². The van der Waals surface area contributed by atoms with E-state index >= 15 is 0 Å². The van der Waals surface area contributed by atoms with Gasteiger partial charge in [-0.2, -0.15) is 21.6 Å². The van der Waals surface area contributed by atoms with Crippen LogP contribution in [-0.2, 0) is 16.2 Å². The molecule has 1 aliphatic carbocycles. The average Bonchev–Trinajstić information content (AvgIpc) is 2.90. The van der Waals surface area contributed by atoms with Crippen molar-refractivity contribution in [3.05, 3.63) is 46.9 Å². The van der Waals surface area contributed by atoms with Crippen LogP contribution in [0.25, 0.3) is 11.0 Å². The first-order chi connectivity index (χ1) is 10.7. The Hall–Kier alpha value is -2.16. The quantitative estimate of drug-likeness (QED) is 0.840. The number of halogens is 3. The molecule has 1 aromatic carbocycles. The summed E-state index contributed by atoms with van der Waals surface area (Å²) in [5, 5.41) is 7.07. The van der Waals surface area contributed by atoms with Gasteiger partial charge in [0.25, 0.3) is 10.0 Å². The molecule has 9 heteroatoms. The molecular formula is C14H12F3N3O2S. The Morgan fingerprint density at radius 2 is 2.04 bits per heavy atom. The summed E-state index contributed by atoms with van der Waals surface area (Å²) >= 11 is 0. The Kier molecular flexibility index (Phi) is 3.55. The highest BCUT2D eigenvalue weighted by Gasteiger charge is 2.32. The van der Waals surface area contributed by atoms with Gasteiger partial charge in [0.05, 0.1) is 10.5 Å². The lowest BCUT2D eigenvalue weighted by atomic mass is 10.0. The molecule has 0 aliphatic heterocycles. The molecule has 0 saturated heterocycles. The SMILES string of the molecule is CC1C=CC(S(=O)(=O)n2nnc3cc(C(F)(F)F)ccc32)=CC1. The number of allylic oxidation sites excluding steroid dienone is 3. The number of nitrogens with zero attached hydrogens (tertiary/aromatic N) is 3. The van der Waals surface area contributed by atoms with Gasteiger partial charge in [-0.1, -0.05) is 24.3 Å². The summed E-state index contributed by atoms with van der Waals surface area (Å²) < 4.78 is 63.9. The van der Waals surface area contributed by atoms with Gasteiger partial charge in [0.2, 0.25) is 0 Å². The van der Waals surface area contributed by atoms with Crippen LogP contribution in [0.3, 0.4) is 0 Å². The van der Waals surface area contributed by atoms with Gasteiger partial charge in [-0.3, -0.25) is 0 Å². The standard InChI is InChI=1S/C14H12F3N3O2S/c1-9-2-5-11(6-3-9)23(21,22)20-13-7-4-10(14(15,16)17)8-12(13)18-19-20/h2,4-9H,3H2,1H3. The van der Waals surface area contributed by atoms with Gasteiger partial charge in [-0.05, 0) is 36.6 Å². The fourth-order valence-electron chi connectivity index (χ4n) is 2.26. The molecule has 0 N–H and O–H groups in total. The monoisotopic (exact) mass is 343 g/mol. The maximum atomic E-state index is 12.7. The van der Waals surface area contributed by atoms with E-state index < -0.39 is 21.8 Å². The van der Waals surface area contributed by atoms with E-state index in [0.717, 1.165) is 18.2 Å². The fourth-order valence-corrected chi connectivity index (χ4v) is 3.56. The zero-order valence-corrected chi connectivity index (χ0v) is 12.8. The van der Waals surface area contributed by atoms with Crippen LogP contribution in [0.1, 0.15) is 18.9 Å². The van der Waals surface area contributed by atoms with Gasteiger partial charge in [0.15, 0.2) is 0 Å². The first-order valence-electron chi connectivity index (χ1n) is 6.76. The highest BCUT2D eigenvalue weighted by molar-refractivity contribution is 7.94. The van der Waals surface area contributed by atoms with Crippen LogP contribution in [0, 0.1) is 5.92 Å². The number of benzene rings is 1. The molecule has 0 amide bonds. The maximum absolute atomic E-state index is 12.7. The van der Waals surface area contributed by atoms with E-state index in [1.54, 1.807) is 12.2 Å². The van der Waals surface area contributed by atoms with Crippen molar-refractivity contribution in [2.24, 2.45) is 5.92 Å². The van der Waals surface area contributed by atoms with Gasteiger partial charge >= 0.3 is 6.18 Å². The van der Waals surface area contributed by atoms with Gasteiger partial charge < -0.3 is 0 Å². The molecule has 3 rings (SSSR count). The maximum Gasteiger partial charge on any atom is 0.416 e. The van der Waals surface area contributed by atoms with Crippen molar-refractivity contribution in [3.8, 4) is 0 Å². The Balaban J connectivity index is 2.09. The molecule has 1 aliphatic rings. The summed E-state index contributed by atoms with van der Waals surface area (Å²) in [7, 11) is -3.98. The molecule has 1 unspecified atom stereocenters. The second-order valence-electron chi connectivity index (χ2n) is 5.32. The van der Waals surface area contributed by atoms with Crippen molar-refractivity contribution in [1.29, 1.82) is 0 Å². The van der Waals surface area contributed by atoms with Crippen molar-refractivity contribution in [1.82, 2.24) is 14.4 Å². The van der Waals surface area contributed by atoms with Crippen LogP contribution in [0.4, 0.5) is 13.2 Å². The minimum absolute atomic E-state index is 0.00548. The minimum atomic E-state index is -4.53. The van der Waals surface area contributed by atoms with Crippen LogP contribution in [0.15, 0.2) is 41.3 Å². The van der Waals surface area contributed by atoms with Crippen molar-refractivity contribution < 1.29 is 21.6 Å². The molecule has 2 aromatic rings. The van der Waals surface area contributed by atoms with Gasteiger partial charge in [-0.15, -0.1) is 9.19 Å². The fraction of sp³-hybridized carbons (Fsp3) is 0.286. The third-order valence-corrected chi connectivity index (χ3v) is 5.17. The van der Waals surface area contributed by atoms with Crippen molar-refractivity contribution in [3.63, 3.8) is 0 Å². The number of hydrogen-bond donors (Lipinski definition) is 0. The van der Waals surface area contributed by atoms with E-state index in [9.17, 15) is 21.6 Å². The molecule has 0 radical (unpaired) electrons. The number of hydrogen-bond acceptors (Lipinski definition) is 4. The third-order valence-electron chi connectivity index (χ3n) is 3.55. The number of aromatic nitrogens is 3. The Morgan fingerprint density at radius 1 is 1.30 bits per heavy atom. The van der Waals surface area contributed by atoms with Crippen molar-refractivity contribution >= 4 is 21.1 Å². The summed E-state index contributed by atoms with van der Waals surface area (Å²) in [6, 6.07) is 2.65. The molecule has 1 atom stereocenters. The van der Waals surface area contributed by atoms with Crippen LogP contribution >= 0.6 is 0 Å². The predicted octanol–water partition coefficient (Wildman–Crippen LogP) is 3.11. The van der Waals surface area contributed by atoms with Gasteiger partial charge in [0.1, 0.15) is 11.0 Å². The van der Waals surface area contributed by atoms with Crippen LogP contribution in [0.2, 0.25) is 0 Å². The Bertz CT molecular complexity index is 926. The summed E-state index contributed by atoms with van der Waals surface area (Å²) in [5.74, 6) is 0.232. The number of fused-ring (bicyclic) bond motifs is 1. The molecule has 1 aromatic heterocycles. The molecule has 0 bridgehead atoms. The van der Waals surface area contributed by atoms with Gasteiger partial charge in [0, 0.05) is 0 Å². The second kappa shape index (κ2) is 5.19. The van der Waals surface area contributed by atoms with Crippen LogP contribution in [-0.4, -0.2) is 22.8 Å². The molecular weight excluding hydrogens is 331 g/mol. The summed E-state index contributed by atoms with van der Waals surface area (Å²) in [5.41, 5.74) is -1.02. The zero-order chi connectivity index (χ0) is 16.8. The lowest BCUT2D eigenvalue weighted by Gasteiger charge is -2.12. The molecule has 0 saturated carbocycles. The van der Waals surface area contributed by atoms with Gasteiger partial charge in [-0.25, -0.2) is 0 Å². The Labute approximate surface area is 130 Å². The van der Waals surface area contributed by atoms with E-state index in [0.29, 0.717) is 10.5 Å². The molecule has 0 spiro atoms. The van der Waals surface area contributed by atoms with E-state index in [2.05, 4.69) is 10.3 Å². The van der Waals surface area contributed by atoms with E-state index in [1.165, 1.54) is 6.08 Å². The third kappa shape index (κ3) is 2.76. The predicted molar refractivity (Wildman–Crippen MR) is 77.9 cm³/mol. The summed E-state index contributed by atoms with van der Waals surface area (Å²) in [6.07, 6.45) is 0.837. The first kappa shape index (κ1) is 15.7. The largest absolute Gasteiger partial charge is 0.416 e. The lowest BCUT2D eigenvalue weighted by molar-refractivity contribution is -0.137. The number of alkyl halides is 3. The minimum Gasteiger partial charge on any atom is -0.199 e. The number of rotatable bonds is 2. The molecule has 5 nitrogen and oxygen atoms in total. The highest BCUT2D eigenvalue weighted by Crippen LogP contribution is 2.31. The highest BCUT2D eigenvalue weighted by atomic mass is 32.2. The zero-order valence-electron chi connectivity index (χ0n) is 11.9. The summed E-state index contributed by atoms with van der Waals surface area (Å²) in [6.45, 7) is 1.94. The lowest BCUT2D eigenvalue weighted by Crippen LogP contribution is -2.17. The first-order valence-corrected chi connectivity index (χ1v) is 8.20. The molecule has 122 valence electrons. The smallest absolute Gasteiger partial charge is 0.199 e. The Morgan fingerprint density at radius 3 is 2.65 bits per heavy atom. The van der Waals surface area contributed by atoms with E-state index in [1.807, 2.05) is 6.92 Å². The molecule has 0 fully saturated rings. The van der Waals surface area contributed by atoms with Crippen LogP contribution in [0.5, 0.6) is 0 Å². The molecule has 23 heavy (non-hydrogen) atoms. The van der Waals surface area contributed by atoms with E-state index in [4.69, 9.17) is 0 Å². The second-order valence-corrected chi connectivity index (χ2v) is 7.08. The van der Waals surface area contributed by atoms with Crippen LogP contribution < -0.4 is 0 Å². The normalized spacial score (nSPS) is 19.1. The topological polar surface area (TPSA) is 64.8 Å². The summed E-state index contributed by atoms with van der Waals surface area (Å²) in [4.78, 5) is 0.0577.